The van der Waals surface area contributed by atoms with Crippen molar-refractivity contribution in [3.63, 3.8) is 0 Å². The quantitative estimate of drug-likeness (QED) is 0.803. The van der Waals surface area contributed by atoms with Gasteiger partial charge < -0.3 is 15.8 Å². The highest BCUT2D eigenvalue weighted by atomic mass is 16.5. The molecular formula is C15H20N4O2. The Labute approximate surface area is 123 Å². The molecule has 0 bridgehead atoms. The molecule has 6 nitrogen and oxygen atoms in total. The van der Waals surface area contributed by atoms with E-state index in [1.54, 1.807) is 24.2 Å². The predicted molar refractivity (Wildman–Crippen MR) is 80.9 cm³/mol. The molecule has 1 amide bonds. The van der Waals surface area contributed by atoms with Crippen molar-refractivity contribution in [3.8, 4) is 0 Å². The van der Waals surface area contributed by atoms with Crippen molar-refractivity contribution in [2.45, 2.75) is 19.0 Å². The number of carbonyl (C=O) groups excluding carboxylic acids is 1. The van der Waals surface area contributed by atoms with Crippen molar-refractivity contribution < 1.29 is 9.53 Å². The minimum atomic E-state index is -0.581. The van der Waals surface area contributed by atoms with Gasteiger partial charge in [0.05, 0.1) is 24.5 Å². The molecule has 1 aromatic carbocycles. The summed E-state index contributed by atoms with van der Waals surface area (Å²) in [6, 6.07) is 9.41. The van der Waals surface area contributed by atoms with Gasteiger partial charge in [-0.3, -0.25) is 9.48 Å². The number of anilines is 1. The van der Waals surface area contributed by atoms with Gasteiger partial charge in [0, 0.05) is 19.9 Å². The Bertz CT molecular complexity index is 568. The molecule has 2 aromatic rings. The van der Waals surface area contributed by atoms with Gasteiger partial charge in [0.25, 0.3) is 0 Å². The van der Waals surface area contributed by atoms with Gasteiger partial charge in [-0.15, -0.1) is 0 Å². The third-order valence-electron chi connectivity index (χ3n) is 3.06. The smallest absolute Gasteiger partial charge is 0.241 e. The summed E-state index contributed by atoms with van der Waals surface area (Å²) < 4.78 is 6.68. The van der Waals surface area contributed by atoms with Crippen molar-refractivity contribution in [3.05, 3.63) is 48.3 Å². The van der Waals surface area contributed by atoms with Crippen LogP contribution in [-0.4, -0.2) is 35.4 Å². The van der Waals surface area contributed by atoms with Crippen LogP contribution in [0.3, 0.4) is 0 Å². The van der Waals surface area contributed by atoms with E-state index in [1.165, 1.54) is 0 Å². The minimum Gasteiger partial charge on any atom is -0.385 e. The third kappa shape index (κ3) is 4.70. The lowest BCUT2D eigenvalue weighted by atomic mass is 10.2. The molecule has 0 fully saturated rings. The molecule has 21 heavy (non-hydrogen) atoms. The van der Waals surface area contributed by atoms with Crippen LogP contribution < -0.4 is 11.1 Å². The van der Waals surface area contributed by atoms with Crippen molar-refractivity contribution >= 4 is 11.6 Å². The maximum atomic E-state index is 11.9. The number of nitrogens with two attached hydrogens (primary N) is 1. The van der Waals surface area contributed by atoms with Crippen LogP contribution in [0.25, 0.3) is 0 Å². The minimum absolute atomic E-state index is 0.230. The molecular weight excluding hydrogens is 268 g/mol. The summed E-state index contributed by atoms with van der Waals surface area (Å²) >= 11 is 0. The molecule has 0 aliphatic carbocycles. The number of amides is 1. The summed E-state index contributed by atoms with van der Waals surface area (Å²) in [5, 5.41) is 6.98. The summed E-state index contributed by atoms with van der Waals surface area (Å²) in [4.78, 5) is 11.9. The Hall–Kier alpha value is -2.18. The summed E-state index contributed by atoms with van der Waals surface area (Å²) in [5.41, 5.74) is 7.55. The molecule has 0 radical (unpaired) electrons. The Balaban J connectivity index is 1.89. The third-order valence-corrected chi connectivity index (χ3v) is 3.06. The number of nitrogens with zero attached hydrogens (tertiary/aromatic N) is 2. The first-order chi connectivity index (χ1) is 10.2. The lowest BCUT2D eigenvalue weighted by Gasteiger charge is -2.10. The number of methoxy groups -OCH3 is 1. The highest BCUT2D eigenvalue weighted by Crippen LogP contribution is 2.08. The lowest BCUT2D eigenvalue weighted by molar-refractivity contribution is -0.117. The first kappa shape index (κ1) is 15.2. The van der Waals surface area contributed by atoms with E-state index < -0.39 is 6.04 Å². The zero-order valence-corrected chi connectivity index (χ0v) is 12.0. The number of hydrogen-bond donors (Lipinski definition) is 2. The topological polar surface area (TPSA) is 82.2 Å². The van der Waals surface area contributed by atoms with E-state index in [0.29, 0.717) is 25.3 Å². The Morgan fingerprint density at radius 2 is 2.19 bits per heavy atom. The van der Waals surface area contributed by atoms with E-state index >= 15 is 0 Å². The van der Waals surface area contributed by atoms with Crippen LogP contribution in [0.2, 0.25) is 0 Å². The molecule has 0 spiro atoms. The van der Waals surface area contributed by atoms with Crippen molar-refractivity contribution in [2.24, 2.45) is 5.73 Å². The normalized spacial score (nSPS) is 12.1. The van der Waals surface area contributed by atoms with Crippen LogP contribution in [0.4, 0.5) is 5.69 Å². The van der Waals surface area contributed by atoms with E-state index in [2.05, 4.69) is 10.4 Å². The molecule has 2 rings (SSSR count). The van der Waals surface area contributed by atoms with Crippen LogP contribution in [0, 0.1) is 0 Å². The molecule has 0 saturated heterocycles. The Morgan fingerprint density at radius 3 is 2.90 bits per heavy atom. The summed E-state index contributed by atoms with van der Waals surface area (Å²) in [7, 11) is 1.58. The molecule has 6 heteroatoms. The number of hydrogen-bond acceptors (Lipinski definition) is 4. The van der Waals surface area contributed by atoms with E-state index in [1.807, 2.05) is 30.3 Å². The van der Waals surface area contributed by atoms with Gasteiger partial charge in [0.1, 0.15) is 0 Å². The predicted octanol–water partition coefficient (Wildman–Crippen LogP) is 1.23. The van der Waals surface area contributed by atoms with Gasteiger partial charge in [0.2, 0.25) is 5.91 Å². The van der Waals surface area contributed by atoms with Crippen LogP contribution in [-0.2, 0) is 16.1 Å². The van der Waals surface area contributed by atoms with Gasteiger partial charge in [-0.25, -0.2) is 0 Å². The Morgan fingerprint density at radius 1 is 1.43 bits per heavy atom. The highest BCUT2D eigenvalue weighted by Gasteiger charge is 2.13. The monoisotopic (exact) mass is 288 g/mol. The second kappa shape index (κ2) is 7.56. The van der Waals surface area contributed by atoms with Crippen LogP contribution in [0.5, 0.6) is 0 Å². The second-order valence-electron chi connectivity index (χ2n) is 4.79. The van der Waals surface area contributed by atoms with E-state index in [9.17, 15) is 4.79 Å². The fourth-order valence-electron chi connectivity index (χ4n) is 1.90. The van der Waals surface area contributed by atoms with E-state index in [4.69, 9.17) is 10.5 Å². The average molecular weight is 288 g/mol. The molecule has 1 unspecified atom stereocenters. The second-order valence-corrected chi connectivity index (χ2v) is 4.79. The molecule has 0 aliphatic rings. The van der Waals surface area contributed by atoms with Gasteiger partial charge in [-0.2, -0.15) is 5.10 Å². The number of nitrogens with one attached hydrogen (secondary N) is 1. The zero-order chi connectivity index (χ0) is 15.1. The number of aromatic nitrogens is 2. The molecule has 3 N–H and O–H groups in total. The highest BCUT2D eigenvalue weighted by molar-refractivity contribution is 5.94. The van der Waals surface area contributed by atoms with E-state index in [-0.39, 0.29) is 5.91 Å². The van der Waals surface area contributed by atoms with Crippen molar-refractivity contribution in [2.75, 3.05) is 19.0 Å². The molecule has 0 saturated carbocycles. The molecule has 112 valence electrons. The maximum Gasteiger partial charge on any atom is 0.241 e. The van der Waals surface area contributed by atoms with Crippen LogP contribution in [0.15, 0.2) is 42.7 Å². The van der Waals surface area contributed by atoms with Gasteiger partial charge in [0.15, 0.2) is 0 Å². The van der Waals surface area contributed by atoms with Gasteiger partial charge in [-0.05, 0) is 12.0 Å². The number of benzene rings is 1. The SMILES string of the molecule is COCCC(N)C(=O)Nc1cnn(Cc2ccccc2)c1. The number of ether oxygens (including phenoxy) is 1. The van der Waals surface area contributed by atoms with Crippen LogP contribution >= 0.6 is 0 Å². The zero-order valence-electron chi connectivity index (χ0n) is 12.0. The van der Waals surface area contributed by atoms with Gasteiger partial charge >= 0.3 is 0 Å². The Kier molecular flexibility index (Phi) is 5.48. The molecule has 1 atom stereocenters. The molecule has 1 aromatic heterocycles. The number of carbonyl (C=O) groups is 1. The van der Waals surface area contributed by atoms with Crippen molar-refractivity contribution in [1.29, 1.82) is 0 Å². The summed E-state index contributed by atoms with van der Waals surface area (Å²) in [5.74, 6) is -0.230. The average Bonchev–Trinajstić information content (AvgIpc) is 2.92. The lowest BCUT2D eigenvalue weighted by Crippen LogP contribution is -2.36. The van der Waals surface area contributed by atoms with E-state index in [0.717, 1.165) is 5.56 Å². The first-order valence-electron chi connectivity index (χ1n) is 6.81. The number of rotatable bonds is 7. The maximum absolute atomic E-state index is 11.9. The van der Waals surface area contributed by atoms with Crippen LogP contribution in [0.1, 0.15) is 12.0 Å². The summed E-state index contributed by atoms with van der Waals surface area (Å²) in [6.45, 7) is 1.12. The van der Waals surface area contributed by atoms with Crippen molar-refractivity contribution in [1.82, 2.24) is 9.78 Å². The first-order valence-corrected chi connectivity index (χ1v) is 6.81. The standard InChI is InChI=1S/C15H20N4O2/c1-21-8-7-14(16)15(20)18-13-9-17-19(11-13)10-12-5-3-2-4-6-12/h2-6,9,11,14H,7-8,10,16H2,1H3,(H,18,20). The fourth-order valence-corrected chi connectivity index (χ4v) is 1.90. The summed E-state index contributed by atoms with van der Waals surface area (Å²) in [6.07, 6.45) is 3.89. The fraction of sp³-hybridized carbons (Fsp3) is 0.333. The molecule has 1 heterocycles. The molecule has 0 aliphatic heterocycles. The largest absolute Gasteiger partial charge is 0.385 e. The van der Waals surface area contributed by atoms with Gasteiger partial charge in [-0.1, -0.05) is 30.3 Å².